The van der Waals surface area contributed by atoms with Crippen molar-refractivity contribution in [1.82, 2.24) is 0 Å². The molecule has 11 heteroatoms. The Kier molecular flexibility index (Phi) is 6.91. The van der Waals surface area contributed by atoms with E-state index in [4.69, 9.17) is 62.7 Å². The van der Waals surface area contributed by atoms with Gasteiger partial charge in [0.1, 0.15) is 10.9 Å². The van der Waals surface area contributed by atoms with Crippen LogP contribution in [0.2, 0.25) is 15.1 Å². The summed E-state index contributed by atoms with van der Waals surface area (Å²) in [5.74, 6) is -5.86. The maximum absolute atomic E-state index is 12.9. The summed E-state index contributed by atoms with van der Waals surface area (Å²) in [6, 6.07) is 9.17. The zero-order chi connectivity index (χ0) is 24.1. The van der Waals surface area contributed by atoms with E-state index in [1.54, 1.807) is 18.2 Å². The Bertz CT molecular complexity index is 1110. The van der Waals surface area contributed by atoms with E-state index >= 15 is 0 Å². The van der Waals surface area contributed by atoms with Gasteiger partial charge in [0.15, 0.2) is 5.78 Å². The number of Topliss-reactive ketones (excluding diaryl/α,β-unsaturated/α-hetero) is 1. The second-order valence-electron chi connectivity index (χ2n) is 8.12. The number of hydrogen-bond acceptors (Lipinski definition) is 3. The van der Waals surface area contributed by atoms with E-state index in [0.29, 0.717) is 21.3 Å². The summed E-state index contributed by atoms with van der Waals surface area (Å²) >= 11 is 30.9. The molecule has 2 fully saturated rings. The third-order valence-electron chi connectivity index (χ3n) is 5.62. The fraction of sp³-hybridized carbons (Fsp3) is 0.364. The number of carbonyl (C=O) groups excluding carboxylic acids is 2. The standard InChI is InChI=1S/C22H16Cl5F2NO3/c23-12-3-10(4-13(24)5-12)18-19(22(18,26)27)20(32)30-14-1-2-16(25)15(6-14)17(31)9-33-8-11-7-21(11,28)29/h1-6,11,18-19H,7-9H2,(H,30,32). The smallest absolute Gasteiger partial charge is 0.253 e. The van der Waals surface area contributed by atoms with E-state index in [1.807, 2.05) is 0 Å². The average Bonchev–Trinajstić information content (AvgIpc) is 3.52. The maximum Gasteiger partial charge on any atom is 0.253 e. The molecule has 3 atom stereocenters. The van der Waals surface area contributed by atoms with Crippen molar-refractivity contribution in [2.24, 2.45) is 11.8 Å². The lowest BCUT2D eigenvalue weighted by molar-refractivity contribution is -0.117. The summed E-state index contributed by atoms with van der Waals surface area (Å²) in [5.41, 5.74) is 1.01. The molecule has 2 aliphatic rings. The van der Waals surface area contributed by atoms with Gasteiger partial charge >= 0.3 is 0 Å². The molecule has 0 radical (unpaired) electrons. The van der Waals surface area contributed by atoms with Crippen molar-refractivity contribution in [3.8, 4) is 0 Å². The van der Waals surface area contributed by atoms with Crippen molar-refractivity contribution in [3.05, 3.63) is 62.6 Å². The lowest BCUT2D eigenvalue weighted by Crippen LogP contribution is -2.18. The number of alkyl halides is 4. The van der Waals surface area contributed by atoms with Crippen LogP contribution in [0, 0.1) is 11.8 Å². The summed E-state index contributed by atoms with van der Waals surface area (Å²) in [4.78, 5) is 25.3. The zero-order valence-electron chi connectivity index (χ0n) is 16.7. The molecular formula is C22H16Cl5F2NO3. The predicted molar refractivity (Wildman–Crippen MR) is 125 cm³/mol. The topological polar surface area (TPSA) is 55.4 Å². The van der Waals surface area contributed by atoms with Gasteiger partial charge in [0, 0.05) is 33.6 Å². The van der Waals surface area contributed by atoms with Gasteiger partial charge < -0.3 is 10.1 Å². The maximum atomic E-state index is 12.9. The number of carbonyl (C=O) groups is 2. The number of amides is 1. The third kappa shape index (κ3) is 5.42. The van der Waals surface area contributed by atoms with Crippen LogP contribution in [0.4, 0.5) is 14.5 Å². The minimum Gasteiger partial charge on any atom is -0.373 e. The highest BCUT2D eigenvalue weighted by molar-refractivity contribution is 6.53. The molecule has 33 heavy (non-hydrogen) atoms. The second-order valence-corrected chi connectivity index (χ2v) is 10.8. The Labute approximate surface area is 213 Å². The van der Waals surface area contributed by atoms with Crippen LogP contribution in [0.15, 0.2) is 36.4 Å². The Morgan fingerprint density at radius 3 is 2.30 bits per heavy atom. The van der Waals surface area contributed by atoms with E-state index in [1.165, 1.54) is 18.2 Å². The van der Waals surface area contributed by atoms with Gasteiger partial charge in [0.25, 0.3) is 5.92 Å². The number of benzene rings is 2. The summed E-state index contributed by atoms with van der Waals surface area (Å²) in [7, 11) is 0. The molecule has 4 rings (SSSR count). The third-order valence-corrected chi connectivity index (χ3v) is 7.33. The molecule has 0 saturated heterocycles. The molecule has 1 N–H and O–H groups in total. The first kappa shape index (κ1) is 25.0. The van der Waals surface area contributed by atoms with Crippen LogP contribution in [0.3, 0.4) is 0 Å². The Hall–Kier alpha value is -1.15. The molecule has 2 aliphatic carbocycles. The van der Waals surface area contributed by atoms with Crippen molar-refractivity contribution in [1.29, 1.82) is 0 Å². The van der Waals surface area contributed by atoms with Gasteiger partial charge in [-0.3, -0.25) is 9.59 Å². The molecule has 176 valence electrons. The van der Waals surface area contributed by atoms with E-state index in [9.17, 15) is 18.4 Å². The highest BCUT2D eigenvalue weighted by Crippen LogP contribution is 2.65. The monoisotopic (exact) mass is 555 g/mol. The molecule has 2 aromatic carbocycles. The molecule has 4 nitrogen and oxygen atoms in total. The zero-order valence-corrected chi connectivity index (χ0v) is 20.5. The van der Waals surface area contributed by atoms with Gasteiger partial charge in [-0.15, -0.1) is 23.2 Å². The van der Waals surface area contributed by atoms with Crippen LogP contribution in [0.1, 0.15) is 28.3 Å². The highest BCUT2D eigenvalue weighted by Gasteiger charge is 2.67. The number of ketones is 1. The summed E-state index contributed by atoms with van der Waals surface area (Å²) in [6.45, 7) is -0.618. The molecule has 0 heterocycles. The van der Waals surface area contributed by atoms with Gasteiger partial charge in [-0.25, -0.2) is 8.78 Å². The van der Waals surface area contributed by atoms with Gasteiger partial charge in [0.05, 0.1) is 23.5 Å². The summed E-state index contributed by atoms with van der Waals surface area (Å²) in [6.07, 6.45) is -0.240. The van der Waals surface area contributed by atoms with Gasteiger partial charge in [-0.05, 0) is 42.0 Å². The first-order chi connectivity index (χ1) is 15.4. The van der Waals surface area contributed by atoms with Crippen molar-refractivity contribution in [2.45, 2.75) is 22.6 Å². The number of ether oxygens (including phenoxy) is 1. The van der Waals surface area contributed by atoms with Gasteiger partial charge in [-0.1, -0.05) is 34.8 Å². The molecule has 2 aromatic rings. The Balaban J connectivity index is 1.41. The fourth-order valence-corrected chi connectivity index (χ4v) is 5.28. The number of anilines is 1. The Morgan fingerprint density at radius 1 is 1.06 bits per heavy atom. The fourth-order valence-electron chi connectivity index (χ4n) is 3.68. The molecular weight excluding hydrogens is 542 g/mol. The van der Waals surface area contributed by atoms with Gasteiger partial charge in [0.2, 0.25) is 5.91 Å². The van der Waals surface area contributed by atoms with Gasteiger partial charge in [-0.2, -0.15) is 0 Å². The molecule has 0 spiro atoms. The van der Waals surface area contributed by atoms with Crippen molar-refractivity contribution >= 4 is 75.4 Å². The largest absolute Gasteiger partial charge is 0.373 e. The van der Waals surface area contributed by atoms with Crippen LogP contribution in [-0.4, -0.2) is 35.2 Å². The predicted octanol–water partition coefficient (Wildman–Crippen LogP) is 7.03. The molecule has 0 aromatic heterocycles. The molecule has 0 aliphatic heterocycles. The Morgan fingerprint density at radius 2 is 1.70 bits per heavy atom. The SMILES string of the molecule is O=C(COCC1CC1(F)F)c1cc(NC(=O)C2C(c3cc(Cl)cc(Cl)c3)C2(Cl)Cl)ccc1Cl. The number of hydrogen-bond donors (Lipinski definition) is 1. The van der Waals surface area contributed by atoms with Crippen molar-refractivity contribution in [3.63, 3.8) is 0 Å². The van der Waals surface area contributed by atoms with Crippen LogP contribution in [-0.2, 0) is 9.53 Å². The number of halogens is 7. The first-order valence-corrected chi connectivity index (χ1v) is 11.7. The number of nitrogens with one attached hydrogen (secondary N) is 1. The summed E-state index contributed by atoms with van der Waals surface area (Å²) < 4.78 is 29.6. The van der Waals surface area contributed by atoms with E-state index < -0.39 is 46.3 Å². The van der Waals surface area contributed by atoms with Crippen LogP contribution in [0.25, 0.3) is 0 Å². The first-order valence-electron chi connectivity index (χ1n) is 9.83. The lowest BCUT2D eigenvalue weighted by Gasteiger charge is -2.09. The minimum absolute atomic E-state index is 0.0917. The molecule has 1 amide bonds. The summed E-state index contributed by atoms with van der Waals surface area (Å²) in [5, 5.41) is 3.60. The molecule has 2 saturated carbocycles. The lowest BCUT2D eigenvalue weighted by atomic mass is 10.1. The van der Waals surface area contributed by atoms with E-state index in [-0.39, 0.29) is 23.6 Å². The van der Waals surface area contributed by atoms with E-state index in [2.05, 4.69) is 5.32 Å². The van der Waals surface area contributed by atoms with E-state index in [0.717, 1.165) is 0 Å². The average molecular weight is 558 g/mol. The normalized spacial score (nSPS) is 24.3. The molecule has 3 unspecified atom stereocenters. The quantitative estimate of drug-likeness (QED) is 0.280. The number of rotatable bonds is 8. The second kappa shape index (κ2) is 9.14. The van der Waals surface area contributed by atoms with Crippen LogP contribution < -0.4 is 5.32 Å². The van der Waals surface area contributed by atoms with Crippen LogP contribution >= 0.6 is 58.0 Å². The highest BCUT2D eigenvalue weighted by atomic mass is 35.5. The van der Waals surface area contributed by atoms with Crippen LogP contribution in [0.5, 0.6) is 0 Å². The van der Waals surface area contributed by atoms with Crippen molar-refractivity contribution < 1.29 is 23.1 Å². The molecule has 0 bridgehead atoms. The van der Waals surface area contributed by atoms with Crippen molar-refractivity contribution in [2.75, 3.05) is 18.5 Å². The minimum atomic E-state index is -2.72.